The molecule has 100 valence electrons. The molecule has 5 heteroatoms. The zero-order chi connectivity index (χ0) is 14.1. The Morgan fingerprint density at radius 2 is 2.05 bits per heavy atom. The van der Waals surface area contributed by atoms with Gasteiger partial charge in [0.1, 0.15) is 16.1 Å². The highest BCUT2D eigenvalue weighted by Gasteiger charge is 2.13. The van der Waals surface area contributed by atoms with Crippen LogP contribution in [0.15, 0.2) is 42.5 Å². The van der Waals surface area contributed by atoms with Gasteiger partial charge < -0.3 is 10.7 Å². The molecule has 0 atom stereocenters. The minimum atomic E-state index is 0.403. The highest BCUT2D eigenvalue weighted by Crippen LogP contribution is 2.18. The van der Waals surface area contributed by atoms with E-state index in [1.165, 1.54) is 0 Å². The van der Waals surface area contributed by atoms with Gasteiger partial charge in [0, 0.05) is 11.3 Å². The van der Waals surface area contributed by atoms with Crippen LogP contribution < -0.4 is 5.73 Å². The normalized spacial score (nSPS) is 10.7. The van der Waals surface area contributed by atoms with Crippen LogP contribution in [0.3, 0.4) is 0 Å². The van der Waals surface area contributed by atoms with Crippen LogP contribution in [0.5, 0.6) is 0 Å². The molecule has 0 radical (unpaired) electrons. The first-order valence-electron chi connectivity index (χ1n) is 6.17. The van der Waals surface area contributed by atoms with Gasteiger partial charge in [0.15, 0.2) is 5.82 Å². The molecular weight excluding hydrogens is 270 g/mol. The lowest BCUT2D eigenvalue weighted by atomic mass is 10.1. The number of benzene rings is 2. The predicted molar refractivity (Wildman–Crippen MR) is 83.0 cm³/mol. The number of H-pyrrole nitrogens is 1. The van der Waals surface area contributed by atoms with Crippen molar-refractivity contribution in [3.05, 3.63) is 59.4 Å². The smallest absolute Gasteiger partial charge is 0.152 e. The summed E-state index contributed by atoms with van der Waals surface area (Å²) in [5.41, 5.74) is 10.1. The minimum Gasteiger partial charge on any atom is -0.398 e. The zero-order valence-electron chi connectivity index (χ0n) is 10.9. The van der Waals surface area contributed by atoms with Gasteiger partial charge in [-0.3, -0.25) is 0 Å². The fourth-order valence-corrected chi connectivity index (χ4v) is 2.60. The molecule has 0 aliphatic rings. The van der Waals surface area contributed by atoms with Crippen molar-refractivity contribution in [2.24, 2.45) is 0 Å². The second kappa shape index (κ2) is 4.94. The molecule has 0 aliphatic heterocycles. The molecule has 0 aliphatic carbocycles. The summed E-state index contributed by atoms with van der Waals surface area (Å²) in [6, 6.07) is 13.2. The number of para-hydroxylation sites is 1. The van der Waals surface area contributed by atoms with Crippen molar-refractivity contribution < 1.29 is 4.21 Å². The van der Waals surface area contributed by atoms with Crippen molar-refractivity contribution in [2.45, 2.75) is 6.92 Å². The molecule has 1 aromatic heterocycles. The molecule has 3 N–H and O–H groups in total. The molecule has 3 aromatic rings. The van der Waals surface area contributed by atoms with E-state index >= 15 is 0 Å². The number of nitrogen functional groups attached to an aromatic ring is 1. The van der Waals surface area contributed by atoms with Crippen LogP contribution in [0.1, 0.15) is 17.0 Å². The number of imidazole rings is 1. The summed E-state index contributed by atoms with van der Waals surface area (Å²) in [5, 5.41) is 0. The molecule has 0 bridgehead atoms. The SMILES string of the molecule is Cc1ccc2nc(C(=S=O)c3ccccc3N)[nH]c2c1. The molecule has 3 rings (SSSR count). The number of aromatic nitrogens is 2. The van der Waals surface area contributed by atoms with Crippen LogP contribution in [0, 0.1) is 6.92 Å². The summed E-state index contributed by atoms with van der Waals surface area (Å²) in [7, 11) is 0. The van der Waals surface area contributed by atoms with Gasteiger partial charge in [-0.15, -0.1) is 0 Å². The maximum atomic E-state index is 11.5. The molecule has 0 fully saturated rings. The molecule has 0 saturated carbocycles. The number of nitrogens with two attached hydrogens (primary N) is 1. The maximum absolute atomic E-state index is 11.5. The maximum Gasteiger partial charge on any atom is 0.152 e. The summed E-state index contributed by atoms with van der Waals surface area (Å²) in [4.78, 5) is 8.17. The van der Waals surface area contributed by atoms with Gasteiger partial charge in [-0.05, 0) is 30.7 Å². The number of hydrogen-bond donors (Lipinski definition) is 2. The van der Waals surface area contributed by atoms with Crippen LogP contribution in [0.2, 0.25) is 0 Å². The third-order valence-corrected chi connectivity index (χ3v) is 3.72. The number of anilines is 1. The molecule has 20 heavy (non-hydrogen) atoms. The Kier molecular flexibility index (Phi) is 3.12. The Labute approximate surface area is 119 Å². The van der Waals surface area contributed by atoms with Crippen LogP contribution in [-0.4, -0.2) is 19.0 Å². The van der Waals surface area contributed by atoms with Crippen molar-refractivity contribution >= 4 is 32.8 Å². The second-order valence-electron chi connectivity index (χ2n) is 4.61. The molecule has 0 spiro atoms. The van der Waals surface area contributed by atoms with Crippen molar-refractivity contribution in [3.8, 4) is 0 Å². The van der Waals surface area contributed by atoms with Gasteiger partial charge in [0.25, 0.3) is 0 Å². The van der Waals surface area contributed by atoms with E-state index in [0.717, 1.165) is 16.6 Å². The van der Waals surface area contributed by atoms with E-state index < -0.39 is 0 Å². The number of fused-ring (bicyclic) bond motifs is 1. The largest absolute Gasteiger partial charge is 0.398 e. The van der Waals surface area contributed by atoms with Gasteiger partial charge in [-0.2, -0.15) is 0 Å². The predicted octanol–water partition coefficient (Wildman–Crippen LogP) is 2.24. The molecule has 1 heterocycles. The lowest BCUT2D eigenvalue weighted by Gasteiger charge is -2.03. The van der Waals surface area contributed by atoms with E-state index in [1.807, 2.05) is 43.3 Å². The summed E-state index contributed by atoms with van der Waals surface area (Å²) in [6.07, 6.45) is 0. The van der Waals surface area contributed by atoms with Gasteiger partial charge >= 0.3 is 0 Å². The number of nitrogens with zero attached hydrogens (tertiary/aromatic N) is 1. The van der Waals surface area contributed by atoms with Gasteiger partial charge in [-0.1, -0.05) is 24.3 Å². The average molecular weight is 283 g/mol. The molecule has 0 unspecified atom stereocenters. The number of aromatic amines is 1. The molecule has 0 saturated heterocycles. The number of aryl methyl sites for hydroxylation is 1. The van der Waals surface area contributed by atoms with E-state index in [4.69, 9.17) is 5.73 Å². The lowest BCUT2D eigenvalue weighted by molar-refractivity contribution is 0.701. The molecule has 0 amide bonds. The zero-order valence-corrected chi connectivity index (χ0v) is 11.7. The topological polar surface area (TPSA) is 71.8 Å². The first-order valence-corrected chi connectivity index (χ1v) is 6.91. The van der Waals surface area contributed by atoms with E-state index in [-0.39, 0.29) is 0 Å². The van der Waals surface area contributed by atoms with Gasteiger partial charge in [-0.25, -0.2) is 9.19 Å². The number of hydrogen-bond acceptors (Lipinski definition) is 3. The van der Waals surface area contributed by atoms with Gasteiger partial charge in [0.05, 0.1) is 11.0 Å². The summed E-state index contributed by atoms with van der Waals surface area (Å²) >= 11 is 0.403. The second-order valence-corrected chi connectivity index (χ2v) is 5.18. The van der Waals surface area contributed by atoms with Crippen molar-refractivity contribution in [2.75, 3.05) is 5.73 Å². The van der Waals surface area contributed by atoms with Crippen molar-refractivity contribution in [3.63, 3.8) is 0 Å². The van der Waals surface area contributed by atoms with Crippen LogP contribution in [0.25, 0.3) is 11.0 Å². The van der Waals surface area contributed by atoms with Crippen molar-refractivity contribution in [1.82, 2.24) is 9.97 Å². The summed E-state index contributed by atoms with van der Waals surface area (Å²) in [5.74, 6) is 0.559. The van der Waals surface area contributed by atoms with E-state index in [2.05, 4.69) is 9.97 Å². The fraction of sp³-hybridized carbons (Fsp3) is 0.0667. The van der Waals surface area contributed by atoms with E-state index in [9.17, 15) is 4.21 Å². The summed E-state index contributed by atoms with van der Waals surface area (Å²) < 4.78 is 11.5. The highest BCUT2D eigenvalue weighted by molar-refractivity contribution is 7.67. The number of nitrogens with one attached hydrogen (secondary N) is 1. The fourth-order valence-electron chi connectivity index (χ4n) is 2.15. The molecule has 4 nitrogen and oxygen atoms in total. The Morgan fingerprint density at radius 3 is 2.80 bits per heavy atom. The Balaban J connectivity index is 2.18. The van der Waals surface area contributed by atoms with E-state index in [1.54, 1.807) is 6.07 Å². The third-order valence-electron chi connectivity index (χ3n) is 3.14. The van der Waals surface area contributed by atoms with Crippen LogP contribution in [-0.2, 0) is 11.3 Å². The van der Waals surface area contributed by atoms with E-state index in [0.29, 0.717) is 33.2 Å². The number of rotatable bonds is 2. The summed E-state index contributed by atoms with van der Waals surface area (Å²) in [6.45, 7) is 2.02. The Morgan fingerprint density at radius 1 is 1.25 bits per heavy atom. The lowest BCUT2D eigenvalue weighted by Crippen LogP contribution is -2.08. The quantitative estimate of drug-likeness (QED) is 0.430. The minimum absolute atomic E-state index is 0.403. The first-order chi connectivity index (χ1) is 9.69. The van der Waals surface area contributed by atoms with Crippen molar-refractivity contribution in [1.29, 1.82) is 0 Å². The van der Waals surface area contributed by atoms with Gasteiger partial charge in [0.2, 0.25) is 0 Å². The monoisotopic (exact) mass is 283 g/mol. The molecule has 2 aromatic carbocycles. The van der Waals surface area contributed by atoms with Crippen LogP contribution in [0.4, 0.5) is 5.69 Å². The highest BCUT2D eigenvalue weighted by atomic mass is 32.1. The van der Waals surface area contributed by atoms with Crippen LogP contribution >= 0.6 is 0 Å². The standard InChI is InChI=1S/C15H13N3OS/c1-9-6-7-12-13(8-9)18-15(17-12)14(20-19)10-4-2-3-5-11(10)16/h2-8H,16H2,1H3,(H,17,18). The Hall–Kier alpha value is -2.40. The Bertz CT molecular complexity index is 847. The first kappa shape index (κ1) is 12.6. The third kappa shape index (κ3) is 2.12. The average Bonchev–Trinajstić information content (AvgIpc) is 2.84. The molecular formula is C15H13N3OS.